The molecule has 160 valence electrons. The minimum absolute atomic E-state index is 0.0599. The van der Waals surface area contributed by atoms with Crippen LogP contribution in [0, 0.1) is 6.92 Å². The van der Waals surface area contributed by atoms with Crippen molar-refractivity contribution in [1.29, 1.82) is 0 Å². The zero-order valence-electron chi connectivity index (χ0n) is 16.2. The third-order valence-electron chi connectivity index (χ3n) is 4.87. The monoisotopic (exact) mass is 440 g/mol. The van der Waals surface area contributed by atoms with Gasteiger partial charge in [-0.2, -0.15) is 13.2 Å². The number of nitrogens with zero attached hydrogens (tertiary/aromatic N) is 3. The van der Waals surface area contributed by atoms with E-state index in [0.717, 1.165) is 36.3 Å². The van der Waals surface area contributed by atoms with Crippen molar-refractivity contribution in [2.24, 2.45) is 0 Å². The van der Waals surface area contributed by atoms with Crippen molar-refractivity contribution in [2.75, 3.05) is 11.0 Å². The van der Waals surface area contributed by atoms with Gasteiger partial charge in [0, 0.05) is 6.20 Å². The zero-order valence-corrected chi connectivity index (χ0v) is 17.0. The first-order valence-electron chi connectivity index (χ1n) is 9.17. The van der Waals surface area contributed by atoms with Crippen molar-refractivity contribution >= 4 is 21.6 Å². The normalized spacial score (nSPS) is 14.8. The molecular weight excluding hydrogens is 421 g/mol. The number of benzene rings is 1. The Labute approximate surface area is 170 Å². The highest BCUT2D eigenvalue weighted by atomic mass is 32.2. The molecule has 11 heteroatoms. The molecule has 0 aliphatic heterocycles. The predicted molar refractivity (Wildman–Crippen MR) is 104 cm³/mol. The highest BCUT2D eigenvalue weighted by molar-refractivity contribution is 7.92. The zero-order chi connectivity index (χ0) is 21.7. The van der Waals surface area contributed by atoms with Gasteiger partial charge in [-0.25, -0.2) is 8.42 Å². The Kier molecular flexibility index (Phi) is 4.88. The summed E-state index contributed by atoms with van der Waals surface area (Å²) in [6.45, 7) is 1.46. The van der Waals surface area contributed by atoms with E-state index < -0.39 is 21.8 Å². The molecule has 4 rings (SSSR count). The number of pyridine rings is 1. The number of aryl methyl sites for hydroxylation is 1. The largest absolute Gasteiger partial charge is 0.489 e. The number of sulfonamides is 1. The molecule has 0 spiro atoms. The number of nitrogens with one attached hydrogen (secondary N) is 1. The number of ether oxygens (including phenoxy) is 1. The van der Waals surface area contributed by atoms with E-state index in [1.165, 1.54) is 19.1 Å². The van der Waals surface area contributed by atoms with Crippen LogP contribution in [-0.4, -0.2) is 29.3 Å². The Bertz CT molecular complexity index is 1220. The number of alkyl halides is 3. The lowest BCUT2D eigenvalue weighted by molar-refractivity contribution is -0.138. The standard InChI is InChI=1S/C19H19F3N4O3S/c1-11-3-6-14(8-16(11)19(20,21)22)29-10-13-7-17-23-24-18(25-30(2,27)28)26(17)9-15(13)12-4-5-12/h3,6-9,12H,4-5,10H2,1-2H3,(H,24,25). The third-order valence-corrected chi connectivity index (χ3v) is 5.42. The molecular formula is C19H19F3N4O3S. The first-order chi connectivity index (χ1) is 14.0. The Morgan fingerprint density at radius 3 is 2.60 bits per heavy atom. The Balaban J connectivity index is 1.64. The highest BCUT2D eigenvalue weighted by Gasteiger charge is 2.33. The average Bonchev–Trinajstić information content (AvgIpc) is 3.41. The second-order valence-electron chi connectivity index (χ2n) is 7.42. The summed E-state index contributed by atoms with van der Waals surface area (Å²) < 4.78 is 72.0. The van der Waals surface area contributed by atoms with Gasteiger partial charge in [0.2, 0.25) is 16.0 Å². The molecule has 7 nitrogen and oxygen atoms in total. The summed E-state index contributed by atoms with van der Waals surface area (Å²) in [4.78, 5) is 0. The Morgan fingerprint density at radius 2 is 1.97 bits per heavy atom. The molecule has 0 atom stereocenters. The number of rotatable bonds is 6. The van der Waals surface area contributed by atoms with Gasteiger partial charge in [-0.1, -0.05) is 6.07 Å². The molecule has 2 heterocycles. The predicted octanol–water partition coefficient (Wildman–Crippen LogP) is 3.88. The summed E-state index contributed by atoms with van der Waals surface area (Å²) in [5, 5.41) is 7.85. The lowest BCUT2D eigenvalue weighted by Gasteiger charge is -2.15. The summed E-state index contributed by atoms with van der Waals surface area (Å²) >= 11 is 0. The van der Waals surface area contributed by atoms with Gasteiger partial charge in [0.05, 0.1) is 11.8 Å². The fraction of sp³-hybridized carbons (Fsp3) is 0.368. The van der Waals surface area contributed by atoms with Gasteiger partial charge in [0.25, 0.3) is 0 Å². The first-order valence-corrected chi connectivity index (χ1v) is 11.1. The third kappa shape index (κ3) is 4.35. The second-order valence-corrected chi connectivity index (χ2v) is 9.17. The molecule has 1 saturated carbocycles. The average molecular weight is 440 g/mol. The number of anilines is 1. The van der Waals surface area contributed by atoms with Crippen LogP contribution in [0.15, 0.2) is 30.5 Å². The van der Waals surface area contributed by atoms with E-state index in [1.54, 1.807) is 16.7 Å². The number of hydrogen-bond donors (Lipinski definition) is 1. The number of halogens is 3. The maximum absolute atomic E-state index is 13.1. The number of hydrogen-bond acceptors (Lipinski definition) is 5. The molecule has 0 unspecified atom stereocenters. The van der Waals surface area contributed by atoms with E-state index in [4.69, 9.17) is 4.74 Å². The van der Waals surface area contributed by atoms with Crippen LogP contribution in [0.3, 0.4) is 0 Å². The molecule has 2 aromatic heterocycles. The summed E-state index contributed by atoms with van der Waals surface area (Å²) in [7, 11) is -3.52. The molecule has 0 saturated heterocycles. The van der Waals surface area contributed by atoms with Crippen molar-refractivity contribution in [3.05, 3.63) is 52.7 Å². The van der Waals surface area contributed by atoms with Crippen LogP contribution in [0.25, 0.3) is 5.65 Å². The van der Waals surface area contributed by atoms with Gasteiger partial charge in [-0.05, 0) is 60.6 Å². The molecule has 1 aromatic carbocycles. The Hall–Kier alpha value is -2.82. The van der Waals surface area contributed by atoms with Crippen molar-refractivity contribution in [1.82, 2.24) is 14.6 Å². The SMILES string of the molecule is Cc1ccc(OCc2cc3nnc(NS(C)(=O)=O)n3cc2C2CC2)cc1C(F)(F)F. The summed E-state index contributed by atoms with van der Waals surface area (Å²) in [6.07, 6.45) is 0.271. The summed E-state index contributed by atoms with van der Waals surface area (Å²) in [5.74, 6) is 0.482. The van der Waals surface area contributed by atoms with Crippen LogP contribution in [0.1, 0.15) is 41.0 Å². The van der Waals surface area contributed by atoms with Gasteiger partial charge in [0.1, 0.15) is 12.4 Å². The molecule has 1 aliphatic carbocycles. The first kappa shape index (κ1) is 20.5. The van der Waals surface area contributed by atoms with Crippen LogP contribution in [0.5, 0.6) is 5.75 Å². The topological polar surface area (TPSA) is 85.6 Å². The minimum atomic E-state index is -4.45. The molecule has 0 radical (unpaired) electrons. The van der Waals surface area contributed by atoms with E-state index in [9.17, 15) is 21.6 Å². The van der Waals surface area contributed by atoms with E-state index in [-0.39, 0.29) is 29.8 Å². The molecule has 1 fully saturated rings. The van der Waals surface area contributed by atoms with E-state index in [1.807, 2.05) is 0 Å². The van der Waals surface area contributed by atoms with Gasteiger partial charge in [0.15, 0.2) is 5.65 Å². The quantitative estimate of drug-likeness (QED) is 0.629. The highest BCUT2D eigenvalue weighted by Crippen LogP contribution is 2.42. The molecule has 3 aromatic rings. The second kappa shape index (κ2) is 7.15. The lowest BCUT2D eigenvalue weighted by Crippen LogP contribution is -2.12. The van der Waals surface area contributed by atoms with Gasteiger partial charge in [-0.15, -0.1) is 10.2 Å². The molecule has 1 N–H and O–H groups in total. The van der Waals surface area contributed by atoms with Gasteiger partial charge >= 0.3 is 6.18 Å². The number of aromatic nitrogens is 3. The molecule has 0 amide bonds. The fourth-order valence-corrected chi connectivity index (χ4v) is 3.74. The summed E-state index contributed by atoms with van der Waals surface area (Å²) in [6, 6.07) is 5.60. The van der Waals surface area contributed by atoms with Crippen LogP contribution >= 0.6 is 0 Å². The molecule has 30 heavy (non-hydrogen) atoms. The van der Waals surface area contributed by atoms with Crippen LogP contribution in [0.4, 0.5) is 19.1 Å². The minimum Gasteiger partial charge on any atom is -0.489 e. The molecule has 1 aliphatic rings. The maximum atomic E-state index is 13.1. The van der Waals surface area contributed by atoms with E-state index in [0.29, 0.717) is 5.65 Å². The van der Waals surface area contributed by atoms with E-state index in [2.05, 4.69) is 14.9 Å². The van der Waals surface area contributed by atoms with Gasteiger partial charge in [-0.3, -0.25) is 9.12 Å². The molecule has 0 bridgehead atoms. The van der Waals surface area contributed by atoms with Crippen LogP contribution in [-0.2, 0) is 22.8 Å². The number of fused-ring (bicyclic) bond motifs is 1. The summed E-state index contributed by atoms with van der Waals surface area (Å²) in [5.41, 5.74) is 1.51. The fourth-order valence-electron chi connectivity index (χ4n) is 3.27. The van der Waals surface area contributed by atoms with Crippen LogP contribution in [0.2, 0.25) is 0 Å². The maximum Gasteiger partial charge on any atom is 0.416 e. The van der Waals surface area contributed by atoms with Crippen molar-refractivity contribution in [3.8, 4) is 5.75 Å². The van der Waals surface area contributed by atoms with E-state index >= 15 is 0 Å². The smallest absolute Gasteiger partial charge is 0.416 e. The van der Waals surface area contributed by atoms with Crippen molar-refractivity contribution in [3.63, 3.8) is 0 Å². The van der Waals surface area contributed by atoms with Crippen molar-refractivity contribution in [2.45, 2.75) is 38.5 Å². The Morgan fingerprint density at radius 1 is 1.23 bits per heavy atom. The van der Waals surface area contributed by atoms with Crippen molar-refractivity contribution < 1.29 is 26.3 Å². The lowest BCUT2D eigenvalue weighted by atomic mass is 10.1. The van der Waals surface area contributed by atoms with Crippen LogP contribution < -0.4 is 9.46 Å². The van der Waals surface area contributed by atoms with Gasteiger partial charge < -0.3 is 4.74 Å².